The molecule has 1 aromatic carbocycles. The molecule has 26 heavy (non-hydrogen) atoms. The molecule has 0 spiro atoms. The zero-order valence-corrected chi connectivity index (χ0v) is 16.2. The van der Waals surface area contributed by atoms with E-state index in [0.717, 1.165) is 29.5 Å². The van der Waals surface area contributed by atoms with Crippen molar-refractivity contribution in [1.29, 1.82) is 0 Å². The van der Waals surface area contributed by atoms with Crippen molar-refractivity contribution in [1.82, 2.24) is 20.6 Å². The molecule has 0 aliphatic heterocycles. The summed E-state index contributed by atoms with van der Waals surface area (Å²) in [5.41, 5.74) is 2.15. The molecule has 0 saturated carbocycles. The van der Waals surface area contributed by atoms with E-state index < -0.39 is 0 Å². The minimum Gasteiger partial charge on any atom is -0.354 e. The van der Waals surface area contributed by atoms with E-state index in [0.29, 0.717) is 12.6 Å². The summed E-state index contributed by atoms with van der Waals surface area (Å²) in [6, 6.07) is 14.9. The number of hydrogen-bond acceptors (Lipinski definition) is 3. The van der Waals surface area contributed by atoms with Gasteiger partial charge in [-0.3, -0.25) is 4.99 Å². The van der Waals surface area contributed by atoms with Gasteiger partial charge in [0.2, 0.25) is 0 Å². The van der Waals surface area contributed by atoms with Crippen molar-refractivity contribution < 1.29 is 0 Å². The van der Waals surface area contributed by atoms with E-state index >= 15 is 0 Å². The summed E-state index contributed by atoms with van der Waals surface area (Å²) >= 11 is 1.85. The van der Waals surface area contributed by atoms with Crippen molar-refractivity contribution in [2.45, 2.75) is 32.9 Å². The van der Waals surface area contributed by atoms with Gasteiger partial charge in [-0.15, -0.1) is 11.3 Å². The van der Waals surface area contributed by atoms with Gasteiger partial charge in [0.1, 0.15) is 5.82 Å². The SMILES string of the molecule is CN=C(NCc1ncc(-c2ccccc2)[nH]1)NC(C)Cc1ccc(C)s1. The maximum atomic E-state index is 4.45. The first kappa shape index (κ1) is 18.2. The van der Waals surface area contributed by atoms with Gasteiger partial charge in [-0.05, 0) is 31.5 Å². The highest BCUT2D eigenvalue weighted by Crippen LogP contribution is 2.17. The molecule has 3 N–H and O–H groups in total. The third-order valence-corrected chi connectivity index (χ3v) is 5.07. The van der Waals surface area contributed by atoms with E-state index in [1.807, 2.05) is 35.7 Å². The highest BCUT2D eigenvalue weighted by molar-refractivity contribution is 7.11. The Hall–Kier alpha value is -2.60. The fraction of sp³-hybridized carbons (Fsp3) is 0.300. The molecule has 0 bridgehead atoms. The zero-order chi connectivity index (χ0) is 18.4. The number of nitrogens with one attached hydrogen (secondary N) is 3. The number of H-pyrrole nitrogens is 1. The maximum Gasteiger partial charge on any atom is 0.191 e. The van der Waals surface area contributed by atoms with Crippen LogP contribution in [0, 0.1) is 6.92 Å². The molecule has 0 aliphatic carbocycles. The monoisotopic (exact) mass is 367 g/mol. The van der Waals surface area contributed by atoms with Crippen LogP contribution in [0.1, 0.15) is 22.5 Å². The maximum absolute atomic E-state index is 4.45. The van der Waals surface area contributed by atoms with Crippen molar-refractivity contribution in [2.75, 3.05) is 7.05 Å². The topological polar surface area (TPSA) is 65.1 Å². The Morgan fingerprint density at radius 2 is 2.04 bits per heavy atom. The molecule has 0 saturated heterocycles. The number of aryl methyl sites for hydroxylation is 1. The first-order chi connectivity index (χ1) is 12.6. The highest BCUT2D eigenvalue weighted by Gasteiger charge is 2.09. The number of benzene rings is 1. The lowest BCUT2D eigenvalue weighted by Crippen LogP contribution is -2.42. The number of rotatable bonds is 6. The number of aromatic amines is 1. The molecular formula is C20H25N5S. The summed E-state index contributed by atoms with van der Waals surface area (Å²) in [4.78, 5) is 14.8. The van der Waals surface area contributed by atoms with E-state index in [-0.39, 0.29) is 0 Å². The Bertz CT molecular complexity index is 850. The van der Waals surface area contributed by atoms with Crippen LogP contribution in [0.5, 0.6) is 0 Å². The average molecular weight is 368 g/mol. The predicted octanol–water partition coefficient (Wildman–Crippen LogP) is 3.74. The molecule has 6 heteroatoms. The van der Waals surface area contributed by atoms with Gasteiger partial charge in [-0.25, -0.2) is 4.98 Å². The predicted molar refractivity (Wildman–Crippen MR) is 110 cm³/mol. The second kappa shape index (κ2) is 8.67. The molecule has 1 unspecified atom stereocenters. The van der Waals surface area contributed by atoms with Gasteiger partial charge in [0.15, 0.2) is 5.96 Å². The lowest BCUT2D eigenvalue weighted by Gasteiger charge is -2.17. The number of aromatic nitrogens is 2. The number of aliphatic imine (C=N–C) groups is 1. The molecule has 5 nitrogen and oxygen atoms in total. The van der Waals surface area contributed by atoms with Crippen LogP contribution >= 0.6 is 11.3 Å². The van der Waals surface area contributed by atoms with Crippen LogP contribution in [0.25, 0.3) is 11.3 Å². The quantitative estimate of drug-likeness (QED) is 0.459. The molecule has 2 aromatic heterocycles. The first-order valence-electron chi connectivity index (χ1n) is 8.76. The van der Waals surface area contributed by atoms with E-state index in [1.54, 1.807) is 7.05 Å². The van der Waals surface area contributed by atoms with Crippen LogP contribution in [0.3, 0.4) is 0 Å². The number of hydrogen-bond donors (Lipinski definition) is 3. The first-order valence-corrected chi connectivity index (χ1v) is 9.57. The van der Waals surface area contributed by atoms with Crippen LogP contribution in [-0.4, -0.2) is 29.0 Å². The molecular weight excluding hydrogens is 342 g/mol. The number of thiophene rings is 1. The molecule has 0 radical (unpaired) electrons. The second-order valence-electron chi connectivity index (χ2n) is 6.30. The summed E-state index contributed by atoms with van der Waals surface area (Å²) in [5.74, 6) is 1.66. The van der Waals surface area contributed by atoms with Crippen LogP contribution < -0.4 is 10.6 Å². The van der Waals surface area contributed by atoms with Crippen LogP contribution in [-0.2, 0) is 13.0 Å². The molecule has 2 heterocycles. The third kappa shape index (κ3) is 4.95. The van der Waals surface area contributed by atoms with E-state index in [9.17, 15) is 0 Å². The van der Waals surface area contributed by atoms with Gasteiger partial charge in [0, 0.05) is 29.3 Å². The second-order valence-corrected chi connectivity index (χ2v) is 7.67. The minimum absolute atomic E-state index is 0.302. The lowest BCUT2D eigenvalue weighted by atomic mass is 10.2. The van der Waals surface area contributed by atoms with Crippen molar-refractivity contribution in [3.05, 3.63) is 64.2 Å². The van der Waals surface area contributed by atoms with Gasteiger partial charge in [0.05, 0.1) is 18.4 Å². The molecule has 136 valence electrons. The molecule has 3 rings (SSSR count). The van der Waals surface area contributed by atoms with Gasteiger partial charge in [-0.1, -0.05) is 30.3 Å². The van der Waals surface area contributed by atoms with Gasteiger partial charge < -0.3 is 15.6 Å². The normalized spacial score (nSPS) is 12.8. The van der Waals surface area contributed by atoms with Crippen molar-refractivity contribution in [2.24, 2.45) is 4.99 Å². The highest BCUT2D eigenvalue weighted by atomic mass is 32.1. The molecule has 0 amide bonds. The number of guanidine groups is 1. The Kier molecular flexibility index (Phi) is 6.07. The van der Waals surface area contributed by atoms with Crippen LogP contribution in [0.4, 0.5) is 0 Å². The summed E-state index contributed by atoms with van der Waals surface area (Å²) in [6.07, 6.45) is 2.85. The lowest BCUT2D eigenvalue weighted by molar-refractivity contribution is 0.642. The van der Waals surface area contributed by atoms with E-state index in [1.165, 1.54) is 9.75 Å². The summed E-state index contributed by atoms with van der Waals surface area (Å²) in [7, 11) is 1.79. The average Bonchev–Trinajstić information content (AvgIpc) is 3.28. The van der Waals surface area contributed by atoms with Gasteiger partial charge >= 0.3 is 0 Å². The Balaban J connectivity index is 1.52. The van der Waals surface area contributed by atoms with Gasteiger partial charge in [-0.2, -0.15) is 0 Å². The minimum atomic E-state index is 0.302. The molecule has 0 aliphatic rings. The Labute approximate surface area is 158 Å². The van der Waals surface area contributed by atoms with Crippen molar-refractivity contribution >= 4 is 17.3 Å². The van der Waals surface area contributed by atoms with Crippen LogP contribution in [0.15, 0.2) is 53.7 Å². The molecule has 1 atom stereocenters. The third-order valence-electron chi connectivity index (χ3n) is 4.05. The van der Waals surface area contributed by atoms with E-state index in [2.05, 4.69) is 63.7 Å². The van der Waals surface area contributed by atoms with Crippen LogP contribution in [0.2, 0.25) is 0 Å². The van der Waals surface area contributed by atoms with Gasteiger partial charge in [0.25, 0.3) is 0 Å². The standard InChI is InChI=1S/C20H25N5S/c1-14(11-17-10-9-15(2)26-17)24-20(21-3)23-13-19-22-12-18(25-19)16-7-5-4-6-8-16/h4-10,12,14H,11,13H2,1-3H3,(H,22,25)(H2,21,23,24). The fourth-order valence-electron chi connectivity index (χ4n) is 2.76. The van der Waals surface area contributed by atoms with Crippen molar-refractivity contribution in [3.63, 3.8) is 0 Å². The summed E-state index contributed by atoms with van der Waals surface area (Å²) < 4.78 is 0. The summed E-state index contributed by atoms with van der Waals surface area (Å²) in [5, 5.41) is 6.76. The zero-order valence-electron chi connectivity index (χ0n) is 15.4. The number of imidazole rings is 1. The van der Waals surface area contributed by atoms with E-state index in [4.69, 9.17) is 0 Å². The van der Waals surface area contributed by atoms with Crippen molar-refractivity contribution in [3.8, 4) is 11.3 Å². The smallest absolute Gasteiger partial charge is 0.191 e. The largest absolute Gasteiger partial charge is 0.354 e. The summed E-state index contributed by atoms with van der Waals surface area (Å²) in [6.45, 7) is 4.90. The number of nitrogens with zero attached hydrogens (tertiary/aromatic N) is 2. The Morgan fingerprint density at radius 1 is 1.23 bits per heavy atom. The molecule has 0 fully saturated rings. The fourth-order valence-corrected chi connectivity index (χ4v) is 3.78. The Morgan fingerprint density at radius 3 is 2.73 bits per heavy atom. The molecule has 3 aromatic rings.